The number of carbonyl (C=O) groups excluding carboxylic acids is 1. The molecule has 4 aromatic rings. The van der Waals surface area contributed by atoms with Gasteiger partial charge < -0.3 is 9.15 Å². The van der Waals surface area contributed by atoms with Crippen molar-refractivity contribution in [2.75, 3.05) is 12.4 Å². The van der Waals surface area contributed by atoms with Gasteiger partial charge in [0, 0.05) is 11.6 Å². The molecule has 0 fully saturated rings. The fraction of sp³-hybridized carbons (Fsp3) is 0.0526. The average molecular weight is 454 g/mol. The molecule has 0 aliphatic heterocycles. The molecule has 0 saturated carbocycles. The molecule has 0 unspecified atom stereocenters. The Kier molecular flexibility index (Phi) is 5.21. The van der Waals surface area contributed by atoms with Crippen molar-refractivity contribution in [2.45, 2.75) is 0 Å². The first kappa shape index (κ1) is 19.1. The zero-order chi connectivity index (χ0) is 19.8. The summed E-state index contributed by atoms with van der Waals surface area (Å²) in [6.45, 7) is 0. The predicted octanol–water partition coefficient (Wildman–Crippen LogP) is 6.78. The second-order valence-electron chi connectivity index (χ2n) is 5.72. The summed E-state index contributed by atoms with van der Waals surface area (Å²) in [4.78, 5) is 16.9. The number of furan rings is 1. The summed E-state index contributed by atoms with van der Waals surface area (Å²) in [5.41, 5.74) is 1.39. The molecule has 28 heavy (non-hydrogen) atoms. The molecular formula is C19H11Cl3N2O3S. The van der Waals surface area contributed by atoms with Crippen molar-refractivity contribution < 1.29 is 13.9 Å². The van der Waals surface area contributed by atoms with Gasteiger partial charge in [0.1, 0.15) is 11.5 Å². The Morgan fingerprint density at radius 3 is 2.64 bits per heavy atom. The minimum Gasteiger partial charge on any atom is -0.495 e. The summed E-state index contributed by atoms with van der Waals surface area (Å²) in [6.07, 6.45) is 0. The van der Waals surface area contributed by atoms with Gasteiger partial charge in [-0.25, -0.2) is 4.98 Å². The van der Waals surface area contributed by atoms with Crippen LogP contribution in [0.25, 0.3) is 21.5 Å². The zero-order valence-electron chi connectivity index (χ0n) is 14.3. The normalized spacial score (nSPS) is 11.0. The van der Waals surface area contributed by atoms with Crippen LogP contribution in [-0.2, 0) is 0 Å². The summed E-state index contributed by atoms with van der Waals surface area (Å²) in [6, 6.07) is 11.9. The maximum absolute atomic E-state index is 12.5. The Morgan fingerprint density at radius 1 is 1.07 bits per heavy atom. The van der Waals surface area contributed by atoms with Crippen molar-refractivity contribution in [1.29, 1.82) is 0 Å². The van der Waals surface area contributed by atoms with E-state index in [1.165, 1.54) is 11.3 Å². The van der Waals surface area contributed by atoms with Gasteiger partial charge in [0.2, 0.25) is 0 Å². The number of anilines is 1. The smallest absolute Gasteiger partial charge is 0.293 e. The first-order chi connectivity index (χ1) is 13.4. The number of nitrogens with zero attached hydrogens (tertiary/aromatic N) is 1. The van der Waals surface area contributed by atoms with Crippen LogP contribution in [0.4, 0.5) is 5.13 Å². The van der Waals surface area contributed by atoms with E-state index < -0.39 is 5.91 Å². The lowest BCUT2D eigenvalue weighted by Gasteiger charge is -2.00. The maximum Gasteiger partial charge on any atom is 0.293 e. The first-order valence-corrected chi connectivity index (χ1v) is 9.90. The largest absolute Gasteiger partial charge is 0.495 e. The van der Waals surface area contributed by atoms with Crippen LogP contribution in [0.2, 0.25) is 15.1 Å². The van der Waals surface area contributed by atoms with E-state index in [4.69, 9.17) is 44.0 Å². The Morgan fingerprint density at radius 2 is 1.89 bits per heavy atom. The van der Waals surface area contributed by atoms with Crippen molar-refractivity contribution in [3.8, 4) is 17.1 Å². The number of benzene rings is 2. The number of rotatable bonds is 4. The van der Waals surface area contributed by atoms with E-state index in [0.717, 1.165) is 10.3 Å². The minimum absolute atomic E-state index is 0.149. The molecule has 4 rings (SSSR count). The topological polar surface area (TPSA) is 64.4 Å². The third-order valence-electron chi connectivity index (χ3n) is 3.92. The molecule has 0 aliphatic rings. The monoisotopic (exact) mass is 452 g/mol. The Bertz CT molecular complexity index is 1200. The predicted molar refractivity (Wildman–Crippen MR) is 113 cm³/mol. The van der Waals surface area contributed by atoms with Gasteiger partial charge in [-0.05, 0) is 36.4 Å². The number of halogens is 3. The van der Waals surface area contributed by atoms with Crippen LogP contribution < -0.4 is 10.1 Å². The third-order valence-corrected chi connectivity index (χ3v) is 5.88. The van der Waals surface area contributed by atoms with Gasteiger partial charge in [0.15, 0.2) is 10.9 Å². The van der Waals surface area contributed by atoms with E-state index in [2.05, 4.69) is 10.3 Å². The SMILES string of the molecule is COc1cc2sc(NC(=O)c3ccc(-c4ccc(Cl)c(Cl)c4)o3)nc2cc1Cl. The van der Waals surface area contributed by atoms with E-state index in [1.54, 1.807) is 49.6 Å². The third kappa shape index (κ3) is 3.69. The van der Waals surface area contributed by atoms with Crippen molar-refractivity contribution in [3.05, 3.63) is 63.3 Å². The standard InChI is InChI=1S/C19H11Cl3N2O3S/c1-26-16-8-17-13(7-12(16)22)23-19(28-17)24-18(25)15-5-4-14(27-15)9-2-3-10(20)11(21)6-9/h2-8H,1H3,(H,23,24,25). The molecule has 2 aromatic carbocycles. The number of fused-ring (bicyclic) bond motifs is 1. The average Bonchev–Trinajstić information content (AvgIpc) is 3.30. The van der Waals surface area contributed by atoms with Crippen molar-refractivity contribution in [3.63, 3.8) is 0 Å². The Labute approximate surface area is 178 Å². The van der Waals surface area contributed by atoms with Crippen LogP contribution in [0.5, 0.6) is 5.75 Å². The molecule has 0 radical (unpaired) electrons. The van der Waals surface area contributed by atoms with Crippen LogP contribution in [0.15, 0.2) is 46.9 Å². The van der Waals surface area contributed by atoms with E-state index in [0.29, 0.717) is 37.2 Å². The quantitative estimate of drug-likeness (QED) is 0.370. The molecule has 142 valence electrons. The second-order valence-corrected chi connectivity index (χ2v) is 7.97. The van der Waals surface area contributed by atoms with Gasteiger partial charge in [-0.2, -0.15) is 0 Å². The highest BCUT2D eigenvalue weighted by atomic mass is 35.5. The zero-order valence-corrected chi connectivity index (χ0v) is 17.3. The van der Waals surface area contributed by atoms with E-state index >= 15 is 0 Å². The molecule has 1 N–H and O–H groups in total. The molecule has 5 nitrogen and oxygen atoms in total. The number of methoxy groups -OCH3 is 1. The van der Waals surface area contributed by atoms with Gasteiger partial charge in [-0.15, -0.1) is 0 Å². The Balaban J connectivity index is 1.56. The van der Waals surface area contributed by atoms with Gasteiger partial charge in [-0.1, -0.05) is 46.1 Å². The van der Waals surface area contributed by atoms with Crippen molar-refractivity contribution in [2.24, 2.45) is 0 Å². The molecule has 0 spiro atoms. The maximum atomic E-state index is 12.5. The fourth-order valence-electron chi connectivity index (χ4n) is 2.56. The van der Waals surface area contributed by atoms with Crippen LogP contribution in [0, 0.1) is 0 Å². The lowest BCUT2D eigenvalue weighted by Crippen LogP contribution is -2.10. The number of aromatic nitrogens is 1. The Hall–Kier alpha value is -2.25. The van der Waals surface area contributed by atoms with Gasteiger partial charge >= 0.3 is 0 Å². The van der Waals surface area contributed by atoms with Gasteiger partial charge in [0.25, 0.3) is 5.91 Å². The second kappa shape index (κ2) is 7.64. The number of ether oxygens (including phenoxy) is 1. The van der Waals surface area contributed by atoms with Crippen molar-refractivity contribution in [1.82, 2.24) is 4.98 Å². The highest BCUT2D eigenvalue weighted by Gasteiger charge is 2.16. The molecule has 1 amide bonds. The minimum atomic E-state index is -0.413. The van der Waals surface area contributed by atoms with Gasteiger partial charge in [0.05, 0.1) is 32.4 Å². The summed E-state index contributed by atoms with van der Waals surface area (Å²) in [7, 11) is 1.54. The molecule has 0 saturated heterocycles. The number of nitrogens with one attached hydrogen (secondary N) is 1. The van der Waals surface area contributed by atoms with E-state index in [1.807, 2.05) is 0 Å². The molecule has 0 bridgehead atoms. The number of thiazole rings is 1. The lowest BCUT2D eigenvalue weighted by atomic mass is 10.2. The summed E-state index contributed by atoms with van der Waals surface area (Å²) in [5.74, 6) is 0.789. The number of carbonyl (C=O) groups is 1. The highest BCUT2D eigenvalue weighted by Crippen LogP contribution is 2.35. The summed E-state index contributed by atoms with van der Waals surface area (Å²) >= 11 is 19.4. The molecule has 2 heterocycles. The first-order valence-electron chi connectivity index (χ1n) is 7.95. The van der Waals surface area contributed by atoms with E-state index in [-0.39, 0.29) is 5.76 Å². The van der Waals surface area contributed by atoms with E-state index in [9.17, 15) is 4.79 Å². The fourth-order valence-corrected chi connectivity index (χ4v) is 3.97. The molecule has 0 aliphatic carbocycles. The van der Waals surface area contributed by atoms with Crippen LogP contribution in [-0.4, -0.2) is 18.0 Å². The van der Waals surface area contributed by atoms with Crippen LogP contribution in [0.1, 0.15) is 10.6 Å². The number of hydrogen-bond acceptors (Lipinski definition) is 5. The molecule has 2 aromatic heterocycles. The molecule has 9 heteroatoms. The summed E-state index contributed by atoms with van der Waals surface area (Å²) < 4.78 is 11.7. The van der Waals surface area contributed by atoms with Gasteiger partial charge in [-0.3, -0.25) is 10.1 Å². The highest BCUT2D eigenvalue weighted by molar-refractivity contribution is 7.22. The van der Waals surface area contributed by atoms with Crippen molar-refractivity contribution >= 4 is 67.4 Å². The summed E-state index contributed by atoms with van der Waals surface area (Å²) in [5, 5.41) is 4.47. The van der Waals surface area contributed by atoms with Crippen LogP contribution >= 0.6 is 46.1 Å². The molecule has 0 atom stereocenters. The number of hydrogen-bond donors (Lipinski definition) is 1. The number of amides is 1. The molecular weight excluding hydrogens is 443 g/mol. The van der Waals surface area contributed by atoms with Crippen LogP contribution in [0.3, 0.4) is 0 Å². The lowest BCUT2D eigenvalue weighted by molar-refractivity contribution is 0.0997.